The Morgan fingerprint density at radius 1 is 1.29 bits per heavy atom. The lowest BCUT2D eigenvalue weighted by Crippen LogP contribution is -2.48. The van der Waals surface area contributed by atoms with Gasteiger partial charge >= 0.3 is 6.09 Å². The molecule has 0 radical (unpaired) electrons. The van der Waals surface area contributed by atoms with Gasteiger partial charge in [-0.1, -0.05) is 0 Å². The minimum atomic E-state index is -3.01. The largest absolute Gasteiger partial charge is 0.453 e. The molecule has 120 valence electrons. The number of hydrogen-bond acceptors (Lipinski definition) is 5. The Bertz CT molecular complexity index is 519. The van der Waals surface area contributed by atoms with Crippen LogP contribution in [0, 0.1) is 5.92 Å². The highest BCUT2D eigenvalue weighted by molar-refractivity contribution is 7.91. The maximum atomic E-state index is 12.5. The summed E-state index contributed by atoms with van der Waals surface area (Å²) in [6.07, 6.45) is 1.55. The van der Waals surface area contributed by atoms with Crippen molar-refractivity contribution in [1.82, 2.24) is 9.80 Å². The predicted octanol–water partition coefficient (Wildman–Crippen LogP) is 0.110. The molecule has 2 aliphatic rings. The molecule has 0 aromatic rings. The van der Waals surface area contributed by atoms with Gasteiger partial charge in [0.05, 0.1) is 24.5 Å². The van der Waals surface area contributed by atoms with E-state index in [2.05, 4.69) is 4.74 Å². The van der Waals surface area contributed by atoms with Crippen molar-refractivity contribution in [1.29, 1.82) is 0 Å². The number of ether oxygens (including phenoxy) is 1. The van der Waals surface area contributed by atoms with Crippen molar-refractivity contribution >= 4 is 21.8 Å². The molecule has 0 aromatic heterocycles. The second kappa shape index (κ2) is 6.21. The third-order valence-electron chi connectivity index (χ3n) is 4.31. The first-order valence-corrected chi connectivity index (χ1v) is 8.96. The zero-order valence-electron chi connectivity index (χ0n) is 12.4. The highest BCUT2D eigenvalue weighted by Crippen LogP contribution is 2.23. The van der Waals surface area contributed by atoms with Gasteiger partial charge in [-0.3, -0.25) is 4.79 Å². The number of hydrogen-bond donors (Lipinski definition) is 0. The SMILES string of the molecule is COC(=O)N1CCCC(C(=O)N(C)C2CCS(=O)(=O)C2)C1. The zero-order chi connectivity index (χ0) is 15.6. The zero-order valence-corrected chi connectivity index (χ0v) is 13.3. The molecule has 0 bridgehead atoms. The minimum Gasteiger partial charge on any atom is -0.453 e. The van der Waals surface area contributed by atoms with Gasteiger partial charge in [0.15, 0.2) is 9.84 Å². The van der Waals surface area contributed by atoms with Crippen LogP contribution in [0.1, 0.15) is 19.3 Å². The summed E-state index contributed by atoms with van der Waals surface area (Å²) in [5, 5.41) is 0. The molecule has 7 nitrogen and oxygen atoms in total. The summed E-state index contributed by atoms with van der Waals surface area (Å²) >= 11 is 0. The lowest BCUT2D eigenvalue weighted by Gasteiger charge is -2.34. The summed E-state index contributed by atoms with van der Waals surface area (Å²) in [6.45, 7) is 0.938. The van der Waals surface area contributed by atoms with E-state index >= 15 is 0 Å². The topological polar surface area (TPSA) is 84.0 Å². The Hall–Kier alpha value is -1.31. The second-order valence-electron chi connectivity index (χ2n) is 5.76. The van der Waals surface area contributed by atoms with Crippen molar-refractivity contribution in [3.8, 4) is 0 Å². The molecule has 2 unspecified atom stereocenters. The quantitative estimate of drug-likeness (QED) is 0.721. The molecule has 0 aliphatic carbocycles. The number of nitrogens with zero attached hydrogens (tertiary/aromatic N) is 2. The van der Waals surface area contributed by atoms with Crippen molar-refractivity contribution < 1.29 is 22.7 Å². The van der Waals surface area contributed by atoms with Crippen LogP contribution in [-0.2, 0) is 19.4 Å². The molecule has 2 heterocycles. The van der Waals surface area contributed by atoms with Crippen molar-refractivity contribution in [2.45, 2.75) is 25.3 Å². The van der Waals surface area contributed by atoms with Crippen molar-refractivity contribution in [3.63, 3.8) is 0 Å². The van der Waals surface area contributed by atoms with Gasteiger partial charge < -0.3 is 14.5 Å². The van der Waals surface area contributed by atoms with E-state index in [1.807, 2.05) is 0 Å². The third kappa shape index (κ3) is 3.66. The van der Waals surface area contributed by atoms with Gasteiger partial charge in [0.25, 0.3) is 0 Å². The molecule has 2 rings (SSSR count). The van der Waals surface area contributed by atoms with E-state index < -0.39 is 15.9 Å². The Labute approximate surface area is 125 Å². The average Bonchev–Trinajstić information content (AvgIpc) is 2.85. The van der Waals surface area contributed by atoms with Crippen LogP contribution in [0.15, 0.2) is 0 Å². The predicted molar refractivity (Wildman–Crippen MR) is 76.5 cm³/mol. The maximum absolute atomic E-state index is 12.5. The van der Waals surface area contributed by atoms with Crippen LogP contribution in [0.2, 0.25) is 0 Å². The summed E-state index contributed by atoms with van der Waals surface area (Å²) < 4.78 is 27.7. The molecule has 0 N–H and O–H groups in total. The molecular formula is C13H22N2O5S. The summed E-state index contributed by atoms with van der Waals surface area (Å²) in [7, 11) is -0.0309. The van der Waals surface area contributed by atoms with E-state index in [0.29, 0.717) is 19.5 Å². The van der Waals surface area contributed by atoms with Crippen LogP contribution in [0.4, 0.5) is 4.79 Å². The number of methoxy groups -OCH3 is 1. The van der Waals surface area contributed by atoms with Gasteiger partial charge in [0.2, 0.25) is 5.91 Å². The lowest BCUT2D eigenvalue weighted by atomic mass is 9.96. The highest BCUT2D eigenvalue weighted by atomic mass is 32.2. The summed E-state index contributed by atoms with van der Waals surface area (Å²) in [4.78, 5) is 27.1. The monoisotopic (exact) mass is 318 g/mol. The van der Waals surface area contributed by atoms with Crippen molar-refractivity contribution in [3.05, 3.63) is 0 Å². The fourth-order valence-electron chi connectivity index (χ4n) is 3.02. The van der Waals surface area contributed by atoms with E-state index in [-0.39, 0.29) is 29.4 Å². The van der Waals surface area contributed by atoms with E-state index in [1.54, 1.807) is 11.9 Å². The van der Waals surface area contributed by atoms with Crippen LogP contribution in [-0.4, -0.2) is 75.0 Å². The Morgan fingerprint density at radius 3 is 2.57 bits per heavy atom. The van der Waals surface area contributed by atoms with E-state index in [9.17, 15) is 18.0 Å². The van der Waals surface area contributed by atoms with Gasteiger partial charge in [0.1, 0.15) is 0 Å². The summed E-state index contributed by atoms with van der Waals surface area (Å²) in [5.74, 6) is -0.159. The van der Waals surface area contributed by atoms with E-state index in [0.717, 1.165) is 12.8 Å². The van der Waals surface area contributed by atoms with Crippen molar-refractivity contribution in [2.24, 2.45) is 5.92 Å². The van der Waals surface area contributed by atoms with Crippen LogP contribution >= 0.6 is 0 Å². The minimum absolute atomic E-state index is 0.0443. The number of likely N-dealkylation sites (tertiary alicyclic amines) is 1. The third-order valence-corrected chi connectivity index (χ3v) is 6.06. The molecule has 0 spiro atoms. The summed E-state index contributed by atoms with van der Waals surface area (Å²) in [5.41, 5.74) is 0. The molecule has 0 saturated carbocycles. The number of carbonyl (C=O) groups is 2. The first kappa shape index (κ1) is 16.1. The Balaban J connectivity index is 1.97. The fraction of sp³-hybridized carbons (Fsp3) is 0.846. The normalized spacial score (nSPS) is 28.2. The fourth-order valence-corrected chi connectivity index (χ4v) is 4.80. The van der Waals surface area contributed by atoms with E-state index in [4.69, 9.17) is 0 Å². The summed E-state index contributed by atoms with van der Waals surface area (Å²) in [6, 6.07) is -0.240. The van der Waals surface area contributed by atoms with Gasteiger partial charge in [-0.05, 0) is 19.3 Å². The van der Waals surface area contributed by atoms with Crippen molar-refractivity contribution in [2.75, 3.05) is 38.8 Å². The molecular weight excluding hydrogens is 296 g/mol. The molecule has 0 aromatic carbocycles. The first-order chi connectivity index (χ1) is 9.84. The lowest BCUT2D eigenvalue weighted by molar-refractivity contribution is -0.137. The van der Waals surface area contributed by atoms with Gasteiger partial charge in [0, 0.05) is 26.2 Å². The number of carbonyl (C=O) groups excluding carboxylic acids is 2. The van der Waals surface area contributed by atoms with Gasteiger partial charge in [-0.15, -0.1) is 0 Å². The molecule has 2 atom stereocenters. The highest BCUT2D eigenvalue weighted by Gasteiger charge is 2.37. The first-order valence-electron chi connectivity index (χ1n) is 7.14. The molecule has 8 heteroatoms. The molecule has 2 saturated heterocycles. The molecule has 2 amide bonds. The van der Waals surface area contributed by atoms with Gasteiger partial charge in [-0.2, -0.15) is 0 Å². The molecule has 2 aliphatic heterocycles. The number of amides is 2. The number of sulfone groups is 1. The number of rotatable bonds is 2. The van der Waals surface area contributed by atoms with Crippen LogP contribution in [0.3, 0.4) is 0 Å². The smallest absolute Gasteiger partial charge is 0.409 e. The number of piperidine rings is 1. The van der Waals surface area contributed by atoms with Gasteiger partial charge in [-0.25, -0.2) is 13.2 Å². The standard InChI is InChI=1S/C13H22N2O5S/c1-14(11-5-7-21(18,19)9-11)12(16)10-4-3-6-15(8-10)13(17)20-2/h10-11H,3-9H2,1-2H3. The maximum Gasteiger partial charge on any atom is 0.409 e. The molecule has 21 heavy (non-hydrogen) atoms. The Morgan fingerprint density at radius 2 is 2.00 bits per heavy atom. The van der Waals surface area contributed by atoms with Crippen LogP contribution in [0.25, 0.3) is 0 Å². The van der Waals surface area contributed by atoms with Crippen LogP contribution < -0.4 is 0 Å². The average molecular weight is 318 g/mol. The molecule has 2 fully saturated rings. The second-order valence-corrected chi connectivity index (χ2v) is 7.99. The Kier molecular flexibility index (Phi) is 4.75. The van der Waals surface area contributed by atoms with Crippen LogP contribution in [0.5, 0.6) is 0 Å². The van der Waals surface area contributed by atoms with E-state index in [1.165, 1.54) is 12.0 Å².